The standard InChI is InChI=1S/C14H28N2O/c17-12-4-2-1-3-10-16-11-6-8-14(16)13-7-5-9-15-13/h13-15,17H,1-12H2. The Morgan fingerprint density at radius 1 is 1.06 bits per heavy atom. The van der Waals surface area contributed by atoms with Crippen molar-refractivity contribution in [3.05, 3.63) is 0 Å². The van der Waals surface area contributed by atoms with Gasteiger partial charge in [-0.1, -0.05) is 12.8 Å². The predicted molar refractivity (Wildman–Crippen MR) is 71.2 cm³/mol. The van der Waals surface area contributed by atoms with Crippen LogP contribution in [0.3, 0.4) is 0 Å². The van der Waals surface area contributed by atoms with Crippen molar-refractivity contribution in [2.45, 2.75) is 63.5 Å². The van der Waals surface area contributed by atoms with Crippen molar-refractivity contribution in [1.29, 1.82) is 0 Å². The summed E-state index contributed by atoms with van der Waals surface area (Å²) >= 11 is 0. The summed E-state index contributed by atoms with van der Waals surface area (Å²) in [7, 11) is 0. The van der Waals surface area contributed by atoms with Gasteiger partial charge in [0.1, 0.15) is 0 Å². The molecule has 2 aliphatic heterocycles. The summed E-state index contributed by atoms with van der Waals surface area (Å²) < 4.78 is 0. The lowest BCUT2D eigenvalue weighted by Gasteiger charge is -2.29. The minimum atomic E-state index is 0.359. The van der Waals surface area contributed by atoms with E-state index in [4.69, 9.17) is 5.11 Å². The minimum Gasteiger partial charge on any atom is -0.396 e. The third-order valence-corrected chi connectivity index (χ3v) is 4.33. The average Bonchev–Trinajstić information content (AvgIpc) is 2.98. The van der Waals surface area contributed by atoms with Crippen molar-refractivity contribution >= 4 is 0 Å². The van der Waals surface area contributed by atoms with Crippen LogP contribution in [0.5, 0.6) is 0 Å². The monoisotopic (exact) mass is 240 g/mol. The van der Waals surface area contributed by atoms with Crippen LogP contribution in [0.1, 0.15) is 51.4 Å². The van der Waals surface area contributed by atoms with Gasteiger partial charge >= 0.3 is 0 Å². The van der Waals surface area contributed by atoms with Gasteiger partial charge in [-0.15, -0.1) is 0 Å². The van der Waals surface area contributed by atoms with Gasteiger partial charge in [0.15, 0.2) is 0 Å². The number of aliphatic hydroxyl groups is 1. The maximum atomic E-state index is 8.74. The fourth-order valence-corrected chi connectivity index (χ4v) is 3.41. The van der Waals surface area contributed by atoms with Gasteiger partial charge in [0.25, 0.3) is 0 Å². The molecule has 2 N–H and O–H groups in total. The van der Waals surface area contributed by atoms with Crippen LogP contribution in [0.2, 0.25) is 0 Å². The second kappa shape index (κ2) is 7.34. The molecular formula is C14H28N2O. The molecule has 2 rings (SSSR count). The SMILES string of the molecule is OCCCCCCN1CCCC1C1CCCN1. The Morgan fingerprint density at radius 3 is 2.71 bits per heavy atom. The van der Waals surface area contributed by atoms with E-state index >= 15 is 0 Å². The molecule has 0 aliphatic carbocycles. The first-order valence-corrected chi connectivity index (χ1v) is 7.50. The molecule has 100 valence electrons. The fraction of sp³-hybridized carbons (Fsp3) is 1.00. The van der Waals surface area contributed by atoms with Crippen molar-refractivity contribution in [2.75, 3.05) is 26.2 Å². The number of unbranched alkanes of at least 4 members (excludes halogenated alkanes) is 3. The minimum absolute atomic E-state index is 0.359. The molecule has 2 fully saturated rings. The van der Waals surface area contributed by atoms with Crippen LogP contribution in [-0.4, -0.2) is 48.3 Å². The molecule has 3 nitrogen and oxygen atoms in total. The Labute approximate surface area is 106 Å². The second-order valence-corrected chi connectivity index (χ2v) is 5.59. The maximum Gasteiger partial charge on any atom is 0.0431 e. The van der Waals surface area contributed by atoms with E-state index in [0.717, 1.165) is 18.5 Å². The summed E-state index contributed by atoms with van der Waals surface area (Å²) in [6.45, 7) is 4.17. The maximum absolute atomic E-state index is 8.74. The molecule has 2 aliphatic rings. The summed E-state index contributed by atoms with van der Waals surface area (Å²) in [5.74, 6) is 0. The highest BCUT2D eigenvalue weighted by molar-refractivity contribution is 4.91. The van der Waals surface area contributed by atoms with Crippen molar-refractivity contribution < 1.29 is 5.11 Å². The smallest absolute Gasteiger partial charge is 0.0431 e. The topological polar surface area (TPSA) is 35.5 Å². The van der Waals surface area contributed by atoms with E-state index < -0.39 is 0 Å². The van der Waals surface area contributed by atoms with E-state index in [2.05, 4.69) is 10.2 Å². The zero-order chi connectivity index (χ0) is 11.9. The van der Waals surface area contributed by atoms with Crippen LogP contribution in [0.25, 0.3) is 0 Å². The molecule has 0 radical (unpaired) electrons. The molecule has 0 aromatic heterocycles. The van der Waals surface area contributed by atoms with Crippen molar-refractivity contribution in [2.24, 2.45) is 0 Å². The molecule has 0 aromatic rings. The summed E-state index contributed by atoms with van der Waals surface area (Å²) in [5.41, 5.74) is 0. The Kier molecular flexibility index (Phi) is 5.75. The molecule has 2 unspecified atom stereocenters. The lowest BCUT2D eigenvalue weighted by atomic mass is 10.0. The van der Waals surface area contributed by atoms with Gasteiger partial charge in [0.05, 0.1) is 0 Å². The lowest BCUT2D eigenvalue weighted by molar-refractivity contribution is 0.209. The quantitative estimate of drug-likeness (QED) is 0.666. The Bertz CT molecular complexity index is 204. The first-order valence-electron chi connectivity index (χ1n) is 7.50. The van der Waals surface area contributed by atoms with Crippen LogP contribution >= 0.6 is 0 Å². The van der Waals surface area contributed by atoms with Crippen molar-refractivity contribution in [3.63, 3.8) is 0 Å². The number of hydrogen-bond donors (Lipinski definition) is 2. The van der Waals surface area contributed by atoms with Crippen LogP contribution in [0.15, 0.2) is 0 Å². The molecule has 2 saturated heterocycles. The van der Waals surface area contributed by atoms with E-state index in [1.165, 1.54) is 64.6 Å². The third kappa shape index (κ3) is 3.94. The molecular weight excluding hydrogens is 212 g/mol. The Balaban J connectivity index is 1.64. The molecule has 2 heterocycles. The van der Waals surface area contributed by atoms with Crippen molar-refractivity contribution in [3.8, 4) is 0 Å². The number of nitrogens with one attached hydrogen (secondary N) is 1. The van der Waals surface area contributed by atoms with Crippen LogP contribution in [0, 0.1) is 0 Å². The first kappa shape index (κ1) is 13.3. The molecule has 0 saturated carbocycles. The summed E-state index contributed by atoms with van der Waals surface area (Å²) in [6.07, 6.45) is 10.3. The fourth-order valence-electron chi connectivity index (χ4n) is 3.41. The van der Waals surface area contributed by atoms with Crippen molar-refractivity contribution in [1.82, 2.24) is 10.2 Å². The van der Waals surface area contributed by atoms with Gasteiger partial charge in [-0.25, -0.2) is 0 Å². The molecule has 17 heavy (non-hydrogen) atoms. The molecule has 0 bridgehead atoms. The molecule has 0 spiro atoms. The van der Waals surface area contributed by atoms with E-state index in [9.17, 15) is 0 Å². The number of hydrogen-bond acceptors (Lipinski definition) is 3. The number of rotatable bonds is 7. The Morgan fingerprint density at radius 2 is 1.94 bits per heavy atom. The Hall–Kier alpha value is -0.120. The summed E-state index contributed by atoms with van der Waals surface area (Å²) in [6, 6.07) is 1.59. The van der Waals surface area contributed by atoms with Gasteiger partial charge in [0, 0.05) is 18.7 Å². The average molecular weight is 240 g/mol. The van der Waals surface area contributed by atoms with E-state index in [-0.39, 0.29) is 0 Å². The van der Waals surface area contributed by atoms with E-state index in [0.29, 0.717) is 6.61 Å². The van der Waals surface area contributed by atoms with Crippen LogP contribution < -0.4 is 5.32 Å². The third-order valence-electron chi connectivity index (χ3n) is 4.33. The van der Waals surface area contributed by atoms with Crippen LogP contribution in [0.4, 0.5) is 0 Å². The second-order valence-electron chi connectivity index (χ2n) is 5.59. The number of likely N-dealkylation sites (tertiary alicyclic amines) is 1. The number of aliphatic hydroxyl groups excluding tert-OH is 1. The molecule has 0 amide bonds. The van der Waals surface area contributed by atoms with E-state index in [1.54, 1.807) is 0 Å². The zero-order valence-corrected chi connectivity index (χ0v) is 11.0. The molecule has 3 heteroatoms. The molecule has 2 atom stereocenters. The van der Waals surface area contributed by atoms with Gasteiger partial charge < -0.3 is 10.4 Å². The molecule has 0 aromatic carbocycles. The largest absolute Gasteiger partial charge is 0.396 e. The van der Waals surface area contributed by atoms with Gasteiger partial charge in [-0.3, -0.25) is 4.90 Å². The highest BCUT2D eigenvalue weighted by Gasteiger charge is 2.32. The highest BCUT2D eigenvalue weighted by atomic mass is 16.2. The normalized spacial score (nSPS) is 30.2. The predicted octanol–water partition coefficient (Wildman–Crippen LogP) is 1.76. The zero-order valence-electron chi connectivity index (χ0n) is 11.0. The summed E-state index contributed by atoms with van der Waals surface area (Å²) in [5, 5.41) is 12.4. The first-order chi connectivity index (χ1) is 8.42. The number of nitrogens with zero attached hydrogens (tertiary/aromatic N) is 1. The highest BCUT2D eigenvalue weighted by Crippen LogP contribution is 2.25. The van der Waals surface area contributed by atoms with Crippen LogP contribution in [-0.2, 0) is 0 Å². The van der Waals surface area contributed by atoms with Gasteiger partial charge in [-0.2, -0.15) is 0 Å². The van der Waals surface area contributed by atoms with Gasteiger partial charge in [0.2, 0.25) is 0 Å². The lowest BCUT2D eigenvalue weighted by Crippen LogP contribution is -2.44. The summed E-state index contributed by atoms with van der Waals surface area (Å²) in [4.78, 5) is 2.71. The van der Waals surface area contributed by atoms with Gasteiger partial charge in [-0.05, 0) is 58.2 Å². The van der Waals surface area contributed by atoms with E-state index in [1.807, 2.05) is 0 Å².